The smallest absolute Gasteiger partial charge is 0.207 e. The summed E-state index contributed by atoms with van der Waals surface area (Å²) in [5.41, 5.74) is 1.87. The number of imidazole rings is 1. The van der Waals surface area contributed by atoms with E-state index in [0.717, 1.165) is 62.2 Å². The Morgan fingerprint density at radius 1 is 0.957 bits per heavy atom. The molecular formula is C14H23Cl2N7. The first-order chi connectivity index (χ1) is 10.3. The van der Waals surface area contributed by atoms with Crippen molar-refractivity contribution in [2.24, 2.45) is 7.05 Å². The van der Waals surface area contributed by atoms with Gasteiger partial charge in [-0.15, -0.1) is 24.8 Å². The summed E-state index contributed by atoms with van der Waals surface area (Å²) in [6, 6.07) is 0. The lowest BCUT2D eigenvalue weighted by Crippen LogP contribution is -2.44. The Hall–Kier alpha value is -1.31. The van der Waals surface area contributed by atoms with Crippen molar-refractivity contribution in [3.05, 3.63) is 6.33 Å². The molecule has 0 saturated carbocycles. The molecule has 2 saturated heterocycles. The number of aromatic nitrogens is 4. The molecule has 2 aliphatic heterocycles. The normalized spacial score (nSPS) is 18.0. The molecule has 7 nitrogen and oxygen atoms in total. The van der Waals surface area contributed by atoms with Crippen LogP contribution in [0.5, 0.6) is 0 Å². The van der Waals surface area contributed by atoms with Gasteiger partial charge in [0.05, 0.1) is 0 Å². The molecule has 23 heavy (non-hydrogen) atoms. The van der Waals surface area contributed by atoms with E-state index < -0.39 is 0 Å². The van der Waals surface area contributed by atoms with Crippen molar-refractivity contribution in [2.45, 2.75) is 12.8 Å². The summed E-state index contributed by atoms with van der Waals surface area (Å²) in [5.74, 6) is 2.00. The van der Waals surface area contributed by atoms with E-state index in [1.807, 2.05) is 0 Å². The van der Waals surface area contributed by atoms with E-state index in [1.54, 1.807) is 6.33 Å². The third-order valence-electron chi connectivity index (χ3n) is 4.42. The van der Waals surface area contributed by atoms with Gasteiger partial charge < -0.3 is 15.1 Å². The molecule has 2 aromatic heterocycles. The highest BCUT2D eigenvalue weighted by atomic mass is 35.5. The molecule has 0 aliphatic carbocycles. The van der Waals surface area contributed by atoms with Gasteiger partial charge in [0.2, 0.25) is 5.95 Å². The van der Waals surface area contributed by atoms with E-state index in [9.17, 15) is 0 Å². The Balaban J connectivity index is 0.000000960. The summed E-state index contributed by atoms with van der Waals surface area (Å²) < 4.78 is 2.11. The lowest BCUT2D eigenvalue weighted by molar-refractivity contribution is 0.586. The third-order valence-corrected chi connectivity index (χ3v) is 4.42. The van der Waals surface area contributed by atoms with Crippen molar-refractivity contribution in [3.63, 3.8) is 0 Å². The molecular weight excluding hydrogens is 337 g/mol. The lowest BCUT2D eigenvalue weighted by Gasteiger charge is -2.28. The van der Waals surface area contributed by atoms with Gasteiger partial charge in [-0.05, 0) is 12.8 Å². The number of fused-ring (bicyclic) bond motifs is 1. The first-order valence-corrected chi connectivity index (χ1v) is 7.72. The largest absolute Gasteiger partial charge is 0.352 e. The van der Waals surface area contributed by atoms with Crippen LogP contribution in [0.3, 0.4) is 0 Å². The average Bonchev–Trinajstić information content (AvgIpc) is 3.16. The number of nitrogens with zero attached hydrogens (tertiary/aromatic N) is 6. The van der Waals surface area contributed by atoms with Crippen molar-refractivity contribution in [1.29, 1.82) is 0 Å². The Kier molecular flexibility index (Phi) is 5.89. The van der Waals surface area contributed by atoms with Crippen LogP contribution in [0.2, 0.25) is 0 Å². The highest BCUT2D eigenvalue weighted by Gasteiger charge is 2.23. The van der Waals surface area contributed by atoms with Crippen molar-refractivity contribution >= 4 is 47.7 Å². The summed E-state index contributed by atoms with van der Waals surface area (Å²) in [4.78, 5) is 18.5. The number of aryl methyl sites for hydroxylation is 1. The fourth-order valence-corrected chi connectivity index (χ4v) is 3.28. The maximum atomic E-state index is 4.87. The van der Waals surface area contributed by atoms with Gasteiger partial charge in [-0.3, -0.25) is 4.57 Å². The molecule has 2 fully saturated rings. The van der Waals surface area contributed by atoms with Crippen molar-refractivity contribution in [2.75, 3.05) is 49.1 Å². The molecule has 9 heteroatoms. The molecule has 0 bridgehead atoms. The molecule has 0 atom stereocenters. The van der Waals surface area contributed by atoms with Crippen LogP contribution in [0.15, 0.2) is 6.33 Å². The molecule has 4 heterocycles. The molecule has 2 aromatic rings. The van der Waals surface area contributed by atoms with Gasteiger partial charge in [0, 0.05) is 46.3 Å². The Morgan fingerprint density at radius 3 is 2.35 bits per heavy atom. The molecule has 2 aliphatic rings. The van der Waals surface area contributed by atoms with Gasteiger partial charge in [-0.1, -0.05) is 0 Å². The molecule has 1 N–H and O–H groups in total. The quantitative estimate of drug-likeness (QED) is 0.869. The molecule has 128 valence electrons. The van der Waals surface area contributed by atoms with E-state index in [0.29, 0.717) is 0 Å². The first-order valence-electron chi connectivity index (χ1n) is 7.72. The first kappa shape index (κ1) is 18.0. The number of piperazine rings is 1. The Morgan fingerprint density at radius 2 is 1.65 bits per heavy atom. The van der Waals surface area contributed by atoms with Gasteiger partial charge in [-0.2, -0.15) is 0 Å². The van der Waals surface area contributed by atoms with Crippen LogP contribution in [0, 0.1) is 0 Å². The topological polar surface area (TPSA) is 62.1 Å². The van der Waals surface area contributed by atoms with E-state index >= 15 is 0 Å². The summed E-state index contributed by atoms with van der Waals surface area (Å²) in [7, 11) is 2.05. The van der Waals surface area contributed by atoms with Crippen LogP contribution < -0.4 is 15.1 Å². The van der Waals surface area contributed by atoms with Crippen LogP contribution in [0.25, 0.3) is 11.2 Å². The van der Waals surface area contributed by atoms with Crippen LogP contribution >= 0.6 is 24.8 Å². The monoisotopic (exact) mass is 359 g/mol. The maximum Gasteiger partial charge on any atom is 0.207 e. The lowest BCUT2D eigenvalue weighted by atomic mass is 10.3. The summed E-state index contributed by atoms with van der Waals surface area (Å²) in [6.45, 7) is 6.12. The second-order valence-electron chi connectivity index (χ2n) is 5.77. The number of rotatable bonds is 2. The average molecular weight is 360 g/mol. The minimum absolute atomic E-state index is 0. The zero-order valence-electron chi connectivity index (χ0n) is 13.2. The summed E-state index contributed by atoms with van der Waals surface area (Å²) in [5, 5.41) is 3.37. The van der Waals surface area contributed by atoms with Gasteiger partial charge in [0.1, 0.15) is 6.33 Å². The maximum absolute atomic E-state index is 4.87. The van der Waals surface area contributed by atoms with Gasteiger partial charge in [0.15, 0.2) is 17.0 Å². The third kappa shape index (κ3) is 3.18. The summed E-state index contributed by atoms with van der Waals surface area (Å²) >= 11 is 0. The predicted octanol–water partition coefficient (Wildman–Crippen LogP) is 1.22. The highest BCUT2D eigenvalue weighted by molar-refractivity contribution is 5.86. The molecule has 0 radical (unpaired) electrons. The predicted molar refractivity (Wildman–Crippen MR) is 97.3 cm³/mol. The van der Waals surface area contributed by atoms with Gasteiger partial charge >= 0.3 is 0 Å². The Labute approximate surface area is 148 Å². The van der Waals surface area contributed by atoms with E-state index in [2.05, 4.69) is 36.7 Å². The van der Waals surface area contributed by atoms with Crippen molar-refractivity contribution in [3.8, 4) is 0 Å². The van der Waals surface area contributed by atoms with Crippen LogP contribution in [-0.2, 0) is 7.05 Å². The molecule has 4 rings (SSSR count). The minimum atomic E-state index is 0. The number of hydrogen-bond acceptors (Lipinski definition) is 6. The second-order valence-corrected chi connectivity index (χ2v) is 5.77. The molecule has 0 amide bonds. The van der Waals surface area contributed by atoms with Crippen molar-refractivity contribution < 1.29 is 0 Å². The van der Waals surface area contributed by atoms with Crippen LogP contribution in [-0.4, -0.2) is 58.8 Å². The minimum Gasteiger partial charge on any atom is -0.352 e. The molecule has 0 aromatic carbocycles. The zero-order chi connectivity index (χ0) is 14.2. The fraction of sp³-hybridized carbons (Fsp3) is 0.643. The fourth-order valence-electron chi connectivity index (χ4n) is 3.28. The van der Waals surface area contributed by atoms with E-state index in [-0.39, 0.29) is 24.8 Å². The highest BCUT2D eigenvalue weighted by Crippen LogP contribution is 2.28. The van der Waals surface area contributed by atoms with E-state index in [1.165, 1.54) is 12.8 Å². The van der Waals surface area contributed by atoms with E-state index in [4.69, 9.17) is 4.98 Å². The zero-order valence-corrected chi connectivity index (χ0v) is 14.9. The second kappa shape index (κ2) is 7.51. The van der Waals surface area contributed by atoms with Gasteiger partial charge in [0.25, 0.3) is 0 Å². The van der Waals surface area contributed by atoms with Crippen LogP contribution in [0.1, 0.15) is 12.8 Å². The molecule has 0 spiro atoms. The SMILES string of the molecule is Cl.Cl.Cn1c(N2CCCC2)nc2c(N3CCNCC3)ncnc21. The van der Waals surface area contributed by atoms with Crippen LogP contribution in [0.4, 0.5) is 11.8 Å². The number of nitrogens with one attached hydrogen (secondary N) is 1. The number of anilines is 2. The molecule has 0 unspecified atom stereocenters. The van der Waals surface area contributed by atoms with Crippen molar-refractivity contribution in [1.82, 2.24) is 24.8 Å². The Bertz CT molecular complexity index is 648. The summed E-state index contributed by atoms with van der Waals surface area (Å²) in [6.07, 6.45) is 4.16. The number of hydrogen-bond donors (Lipinski definition) is 1. The number of halogens is 2. The standard InChI is InChI=1S/C14H21N7.2ClH/c1-19-12-11(18-14(19)21-6-2-3-7-21)13(17-10-16-12)20-8-4-15-5-9-20;;/h10,15H,2-9H2,1H3;2*1H. The van der Waals surface area contributed by atoms with Gasteiger partial charge in [-0.25, -0.2) is 15.0 Å².